The highest BCUT2D eigenvalue weighted by Gasteiger charge is 2.48. The minimum absolute atomic E-state index is 0.0425. The zero-order chi connectivity index (χ0) is 21.1. The number of amides is 2. The SMILES string of the molecule is CCCCCC(=O)NCC(=O)NCC1C2CCC(O2)C1CCCCCCC(=O)O. The Bertz CT molecular complexity index is 539. The van der Waals surface area contributed by atoms with E-state index in [9.17, 15) is 14.4 Å². The van der Waals surface area contributed by atoms with Gasteiger partial charge in [0.05, 0.1) is 18.8 Å². The Morgan fingerprint density at radius 1 is 0.862 bits per heavy atom. The van der Waals surface area contributed by atoms with E-state index in [1.54, 1.807) is 0 Å². The normalized spacial score (nSPS) is 25.1. The predicted octanol–water partition coefficient (Wildman–Crippen LogP) is 3.02. The summed E-state index contributed by atoms with van der Waals surface area (Å²) in [7, 11) is 0. The van der Waals surface area contributed by atoms with Gasteiger partial charge in [0, 0.05) is 25.3 Å². The summed E-state index contributed by atoms with van der Waals surface area (Å²) < 4.78 is 6.09. The molecule has 2 rings (SSSR count). The molecule has 0 aromatic carbocycles. The van der Waals surface area contributed by atoms with Crippen LogP contribution < -0.4 is 10.6 Å². The molecule has 29 heavy (non-hydrogen) atoms. The molecule has 7 heteroatoms. The third kappa shape index (κ3) is 8.33. The van der Waals surface area contributed by atoms with Crippen molar-refractivity contribution in [2.75, 3.05) is 13.1 Å². The van der Waals surface area contributed by atoms with Gasteiger partial charge in [0.1, 0.15) is 0 Å². The average molecular weight is 411 g/mol. The lowest BCUT2D eigenvalue weighted by atomic mass is 9.76. The third-order valence-corrected chi connectivity index (χ3v) is 6.26. The molecule has 2 saturated heterocycles. The van der Waals surface area contributed by atoms with E-state index in [1.165, 1.54) is 0 Å². The molecule has 0 aromatic heterocycles. The van der Waals surface area contributed by atoms with Gasteiger partial charge >= 0.3 is 5.97 Å². The van der Waals surface area contributed by atoms with E-state index in [2.05, 4.69) is 17.6 Å². The van der Waals surface area contributed by atoms with Crippen LogP contribution in [0.25, 0.3) is 0 Å². The topological polar surface area (TPSA) is 105 Å². The van der Waals surface area contributed by atoms with Crippen LogP contribution in [-0.2, 0) is 19.1 Å². The van der Waals surface area contributed by atoms with E-state index >= 15 is 0 Å². The Kier molecular flexibility index (Phi) is 10.5. The number of carboxylic acid groups (broad SMARTS) is 1. The zero-order valence-electron chi connectivity index (χ0n) is 17.8. The van der Waals surface area contributed by atoms with Gasteiger partial charge in [-0.05, 0) is 38.0 Å². The first-order valence-electron chi connectivity index (χ1n) is 11.4. The molecule has 0 spiro atoms. The van der Waals surface area contributed by atoms with Gasteiger partial charge in [-0.3, -0.25) is 14.4 Å². The summed E-state index contributed by atoms with van der Waals surface area (Å²) in [6.45, 7) is 2.74. The van der Waals surface area contributed by atoms with Crippen molar-refractivity contribution in [1.82, 2.24) is 10.6 Å². The number of nitrogens with one attached hydrogen (secondary N) is 2. The summed E-state index contributed by atoms with van der Waals surface area (Å²) in [5, 5.41) is 14.4. The first-order chi connectivity index (χ1) is 14.0. The molecule has 4 unspecified atom stereocenters. The van der Waals surface area contributed by atoms with Gasteiger partial charge in [-0.1, -0.05) is 39.0 Å². The van der Waals surface area contributed by atoms with E-state index in [4.69, 9.17) is 9.84 Å². The van der Waals surface area contributed by atoms with Gasteiger partial charge < -0.3 is 20.5 Å². The minimum Gasteiger partial charge on any atom is -0.481 e. The number of rotatable bonds is 15. The van der Waals surface area contributed by atoms with E-state index in [1.807, 2.05) is 0 Å². The van der Waals surface area contributed by atoms with E-state index in [0.29, 0.717) is 30.9 Å². The van der Waals surface area contributed by atoms with Crippen molar-refractivity contribution in [3.8, 4) is 0 Å². The number of carbonyl (C=O) groups excluding carboxylic acids is 2. The number of ether oxygens (including phenoxy) is 1. The van der Waals surface area contributed by atoms with Crippen LogP contribution in [0.2, 0.25) is 0 Å². The Balaban J connectivity index is 1.63. The van der Waals surface area contributed by atoms with Crippen molar-refractivity contribution < 1.29 is 24.2 Å². The second-order valence-corrected chi connectivity index (χ2v) is 8.50. The van der Waals surface area contributed by atoms with Crippen LogP contribution in [-0.4, -0.2) is 48.2 Å². The Hall–Kier alpha value is -1.63. The Labute approximate surface area is 174 Å². The molecule has 2 fully saturated rings. The summed E-state index contributed by atoms with van der Waals surface area (Å²) in [6.07, 6.45) is 11.3. The Morgan fingerprint density at radius 3 is 2.28 bits per heavy atom. The summed E-state index contributed by atoms with van der Waals surface area (Å²) in [5.41, 5.74) is 0. The highest BCUT2D eigenvalue weighted by Crippen LogP contribution is 2.45. The average Bonchev–Trinajstić information content (AvgIpc) is 3.29. The number of carboxylic acids is 1. The summed E-state index contributed by atoms with van der Waals surface area (Å²) in [4.78, 5) is 34.4. The Morgan fingerprint density at radius 2 is 1.55 bits per heavy atom. The summed E-state index contributed by atoms with van der Waals surface area (Å²) in [5.74, 6) is -0.102. The lowest BCUT2D eigenvalue weighted by Crippen LogP contribution is -2.42. The maximum absolute atomic E-state index is 12.1. The fourth-order valence-electron chi connectivity index (χ4n) is 4.66. The number of fused-ring (bicyclic) bond motifs is 2. The number of hydrogen-bond acceptors (Lipinski definition) is 4. The molecule has 0 saturated carbocycles. The number of unbranched alkanes of at least 4 members (excludes halogenated alkanes) is 5. The number of hydrogen-bond donors (Lipinski definition) is 3. The quantitative estimate of drug-likeness (QED) is 0.360. The third-order valence-electron chi connectivity index (χ3n) is 6.26. The first-order valence-corrected chi connectivity index (χ1v) is 11.4. The summed E-state index contributed by atoms with van der Waals surface area (Å²) >= 11 is 0. The van der Waals surface area contributed by atoms with Crippen LogP contribution in [0, 0.1) is 11.8 Å². The van der Waals surface area contributed by atoms with Gasteiger partial charge in [-0.2, -0.15) is 0 Å². The molecule has 2 aliphatic rings. The lowest BCUT2D eigenvalue weighted by Gasteiger charge is -2.28. The van der Waals surface area contributed by atoms with E-state index < -0.39 is 5.97 Å². The monoisotopic (exact) mass is 410 g/mol. The van der Waals surface area contributed by atoms with Gasteiger partial charge in [-0.15, -0.1) is 0 Å². The van der Waals surface area contributed by atoms with E-state index in [-0.39, 0.29) is 30.9 Å². The minimum atomic E-state index is -0.723. The van der Waals surface area contributed by atoms with Crippen LogP contribution in [0.5, 0.6) is 0 Å². The molecule has 166 valence electrons. The molecule has 2 bridgehead atoms. The molecule has 4 atom stereocenters. The molecule has 2 amide bonds. The molecular weight excluding hydrogens is 372 g/mol. The van der Waals surface area contributed by atoms with Crippen molar-refractivity contribution in [3.63, 3.8) is 0 Å². The van der Waals surface area contributed by atoms with Crippen molar-refractivity contribution in [2.45, 2.75) is 96.2 Å². The molecule has 2 heterocycles. The second-order valence-electron chi connectivity index (χ2n) is 8.50. The van der Waals surface area contributed by atoms with Gasteiger partial charge in [-0.25, -0.2) is 0 Å². The number of aliphatic carboxylic acids is 1. The molecule has 0 aliphatic carbocycles. The van der Waals surface area contributed by atoms with Crippen LogP contribution in [0.1, 0.15) is 84.0 Å². The maximum Gasteiger partial charge on any atom is 0.303 e. The van der Waals surface area contributed by atoms with Gasteiger partial charge in [0.15, 0.2) is 0 Å². The first kappa shape index (κ1) is 23.6. The second kappa shape index (κ2) is 12.8. The van der Waals surface area contributed by atoms with Crippen LogP contribution >= 0.6 is 0 Å². The van der Waals surface area contributed by atoms with E-state index in [0.717, 1.165) is 64.2 Å². The number of carbonyl (C=O) groups is 3. The highest BCUT2D eigenvalue weighted by atomic mass is 16.5. The fraction of sp³-hybridized carbons (Fsp3) is 0.864. The van der Waals surface area contributed by atoms with Crippen molar-refractivity contribution >= 4 is 17.8 Å². The highest BCUT2D eigenvalue weighted by molar-refractivity contribution is 5.84. The molecule has 0 aromatic rings. The van der Waals surface area contributed by atoms with Crippen molar-refractivity contribution in [1.29, 1.82) is 0 Å². The van der Waals surface area contributed by atoms with Crippen LogP contribution in [0.15, 0.2) is 0 Å². The fourth-order valence-corrected chi connectivity index (χ4v) is 4.66. The smallest absolute Gasteiger partial charge is 0.303 e. The summed E-state index contributed by atoms with van der Waals surface area (Å²) in [6, 6.07) is 0. The van der Waals surface area contributed by atoms with Crippen molar-refractivity contribution in [3.05, 3.63) is 0 Å². The molecule has 0 radical (unpaired) electrons. The van der Waals surface area contributed by atoms with Crippen LogP contribution in [0.3, 0.4) is 0 Å². The zero-order valence-corrected chi connectivity index (χ0v) is 17.8. The van der Waals surface area contributed by atoms with Gasteiger partial charge in [0.25, 0.3) is 0 Å². The molecular formula is C22H38N2O5. The lowest BCUT2D eigenvalue weighted by molar-refractivity contribution is -0.137. The molecule has 7 nitrogen and oxygen atoms in total. The van der Waals surface area contributed by atoms with Crippen molar-refractivity contribution in [2.24, 2.45) is 11.8 Å². The van der Waals surface area contributed by atoms with Crippen LogP contribution in [0.4, 0.5) is 0 Å². The van der Waals surface area contributed by atoms with Gasteiger partial charge in [0.2, 0.25) is 11.8 Å². The maximum atomic E-state index is 12.1. The molecule has 2 aliphatic heterocycles. The molecule has 3 N–H and O–H groups in total. The predicted molar refractivity (Wildman–Crippen MR) is 110 cm³/mol. The standard InChI is InChI=1S/C22H38N2O5/c1-2-3-6-10-20(25)24-15-21(26)23-14-17-16(18-12-13-19(17)29-18)9-7-4-5-8-11-22(27)28/h16-19H,2-15H2,1H3,(H,23,26)(H,24,25)(H,27,28). The largest absolute Gasteiger partial charge is 0.481 e.